The molecular formula is C10H7ClFNO3. The quantitative estimate of drug-likeness (QED) is 0.852. The van der Waals surface area contributed by atoms with Crippen LogP contribution in [0.1, 0.15) is 10.5 Å². The van der Waals surface area contributed by atoms with Crippen LogP contribution in [0.25, 0.3) is 10.9 Å². The summed E-state index contributed by atoms with van der Waals surface area (Å²) in [4.78, 5) is 13.2. The van der Waals surface area contributed by atoms with Crippen LogP contribution in [0.3, 0.4) is 0 Å². The van der Waals surface area contributed by atoms with E-state index >= 15 is 0 Å². The lowest BCUT2D eigenvalue weighted by molar-refractivity contribution is 0.0691. The second-order valence-corrected chi connectivity index (χ2v) is 3.56. The lowest BCUT2D eigenvalue weighted by atomic mass is 10.2. The molecule has 0 unspecified atom stereocenters. The number of aromatic nitrogens is 1. The van der Waals surface area contributed by atoms with Crippen molar-refractivity contribution in [2.24, 2.45) is 0 Å². The molecule has 1 aromatic heterocycles. The largest absolute Gasteiger partial charge is 0.496 e. The number of hydrogen-bond donors (Lipinski definition) is 2. The van der Waals surface area contributed by atoms with E-state index in [0.717, 1.165) is 0 Å². The SMILES string of the molecule is COc1cc(Cl)c(F)c2[nH]c(C(=O)O)cc12. The number of carboxylic acids is 1. The maximum atomic E-state index is 13.6. The van der Waals surface area contributed by atoms with Gasteiger partial charge in [0.1, 0.15) is 11.4 Å². The maximum Gasteiger partial charge on any atom is 0.352 e. The Morgan fingerprint density at radius 3 is 2.81 bits per heavy atom. The van der Waals surface area contributed by atoms with E-state index in [2.05, 4.69) is 4.98 Å². The number of aromatic carboxylic acids is 1. The topological polar surface area (TPSA) is 62.3 Å². The van der Waals surface area contributed by atoms with Gasteiger partial charge in [-0.15, -0.1) is 0 Å². The van der Waals surface area contributed by atoms with E-state index in [1.54, 1.807) is 0 Å². The highest BCUT2D eigenvalue weighted by Crippen LogP contribution is 2.33. The lowest BCUT2D eigenvalue weighted by Crippen LogP contribution is -1.95. The van der Waals surface area contributed by atoms with Crippen LogP contribution in [-0.4, -0.2) is 23.2 Å². The zero-order chi connectivity index (χ0) is 11.9. The van der Waals surface area contributed by atoms with Gasteiger partial charge in [0, 0.05) is 11.5 Å². The number of carboxylic acid groups (broad SMARTS) is 1. The molecule has 84 valence electrons. The van der Waals surface area contributed by atoms with E-state index in [1.807, 2.05) is 0 Å². The smallest absolute Gasteiger partial charge is 0.352 e. The second kappa shape index (κ2) is 3.68. The van der Waals surface area contributed by atoms with Crippen molar-refractivity contribution >= 4 is 28.5 Å². The zero-order valence-corrected chi connectivity index (χ0v) is 8.93. The Hall–Kier alpha value is -1.75. The summed E-state index contributed by atoms with van der Waals surface area (Å²) in [6, 6.07) is 2.61. The van der Waals surface area contributed by atoms with Crippen molar-refractivity contribution in [1.29, 1.82) is 0 Å². The molecule has 2 rings (SSSR count). The summed E-state index contributed by atoms with van der Waals surface area (Å²) in [5, 5.41) is 9.01. The molecule has 1 aromatic carbocycles. The fraction of sp³-hybridized carbons (Fsp3) is 0.100. The van der Waals surface area contributed by atoms with Gasteiger partial charge in [-0.1, -0.05) is 11.6 Å². The Labute approximate surface area is 94.6 Å². The van der Waals surface area contributed by atoms with Gasteiger partial charge in [0.2, 0.25) is 0 Å². The normalized spacial score (nSPS) is 10.7. The molecule has 0 radical (unpaired) electrons. The maximum absolute atomic E-state index is 13.6. The first-order chi connectivity index (χ1) is 7.54. The number of H-pyrrole nitrogens is 1. The van der Waals surface area contributed by atoms with Gasteiger partial charge in [0.25, 0.3) is 0 Å². The number of carbonyl (C=O) groups is 1. The van der Waals surface area contributed by atoms with Crippen molar-refractivity contribution in [3.8, 4) is 5.75 Å². The van der Waals surface area contributed by atoms with Crippen LogP contribution in [0.2, 0.25) is 5.02 Å². The molecule has 0 aliphatic heterocycles. The number of aromatic amines is 1. The van der Waals surface area contributed by atoms with Gasteiger partial charge in [-0.05, 0) is 6.07 Å². The van der Waals surface area contributed by atoms with Crippen molar-refractivity contribution < 1.29 is 19.0 Å². The molecule has 0 aliphatic rings. The number of hydrogen-bond acceptors (Lipinski definition) is 2. The van der Waals surface area contributed by atoms with Gasteiger partial charge in [0.15, 0.2) is 5.82 Å². The van der Waals surface area contributed by atoms with E-state index in [0.29, 0.717) is 11.1 Å². The van der Waals surface area contributed by atoms with Gasteiger partial charge in [-0.3, -0.25) is 0 Å². The van der Waals surface area contributed by atoms with Crippen LogP contribution in [0.15, 0.2) is 12.1 Å². The van der Waals surface area contributed by atoms with Gasteiger partial charge in [-0.2, -0.15) is 0 Å². The van der Waals surface area contributed by atoms with Crippen LogP contribution < -0.4 is 4.74 Å². The standard InChI is InChI=1S/C10H7ClFNO3/c1-16-7-3-5(11)8(12)9-4(7)2-6(13-9)10(14)15/h2-3,13H,1H3,(H,14,15). The molecule has 2 N–H and O–H groups in total. The molecule has 6 heteroatoms. The number of rotatable bonds is 2. The van der Waals surface area contributed by atoms with E-state index in [1.165, 1.54) is 19.2 Å². The summed E-state index contributed by atoms with van der Waals surface area (Å²) < 4.78 is 18.6. The number of fused-ring (bicyclic) bond motifs is 1. The van der Waals surface area contributed by atoms with Crippen LogP contribution in [-0.2, 0) is 0 Å². The lowest BCUT2D eigenvalue weighted by Gasteiger charge is -2.03. The summed E-state index contributed by atoms with van der Waals surface area (Å²) in [6.07, 6.45) is 0. The minimum Gasteiger partial charge on any atom is -0.496 e. The van der Waals surface area contributed by atoms with Gasteiger partial charge in [0.05, 0.1) is 17.6 Å². The highest BCUT2D eigenvalue weighted by atomic mass is 35.5. The van der Waals surface area contributed by atoms with Crippen LogP contribution >= 0.6 is 11.6 Å². The fourth-order valence-electron chi connectivity index (χ4n) is 1.48. The third-order valence-electron chi connectivity index (χ3n) is 2.22. The molecule has 0 aliphatic carbocycles. The molecule has 2 aromatic rings. The third-order valence-corrected chi connectivity index (χ3v) is 2.50. The molecule has 16 heavy (non-hydrogen) atoms. The molecular weight excluding hydrogens is 237 g/mol. The number of halogens is 2. The Balaban J connectivity index is 2.83. The average molecular weight is 244 g/mol. The van der Waals surface area contributed by atoms with Crippen molar-refractivity contribution in [3.63, 3.8) is 0 Å². The number of ether oxygens (including phenoxy) is 1. The molecule has 0 fully saturated rings. The Bertz CT molecular complexity index is 579. The minimum absolute atomic E-state index is 0.0294. The van der Waals surface area contributed by atoms with Gasteiger partial charge < -0.3 is 14.8 Å². The first kappa shape index (κ1) is 10.8. The van der Waals surface area contributed by atoms with Crippen molar-refractivity contribution in [2.45, 2.75) is 0 Å². The molecule has 0 amide bonds. The predicted molar refractivity (Wildman–Crippen MR) is 56.8 cm³/mol. The first-order valence-electron chi connectivity index (χ1n) is 4.32. The molecule has 1 heterocycles. The number of nitrogens with one attached hydrogen (secondary N) is 1. The average Bonchev–Trinajstić information content (AvgIpc) is 2.68. The summed E-state index contributed by atoms with van der Waals surface area (Å²) in [7, 11) is 1.40. The van der Waals surface area contributed by atoms with Gasteiger partial charge in [-0.25, -0.2) is 9.18 Å². The number of methoxy groups -OCH3 is 1. The van der Waals surface area contributed by atoms with E-state index in [9.17, 15) is 9.18 Å². The number of benzene rings is 1. The second-order valence-electron chi connectivity index (χ2n) is 3.15. The van der Waals surface area contributed by atoms with Crippen molar-refractivity contribution in [1.82, 2.24) is 4.98 Å². The molecule has 0 bridgehead atoms. The summed E-state index contributed by atoms with van der Waals surface area (Å²) in [5.74, 6) is -1.54. The predicted octanol–water partition coefficient (Wildman–Crippen LogP) is 2.67. The van der Waals surface area contributed by atoms with Gasteiger partial charge >= 0.3 is 5.97 Å². The van der Waals surface area contributed by atoms with E-state index < -0.39 is 11.8 Å². The fourth-order valence-corrected chi connectivity index (χ4v) is 1.68. The van der Waals surface area contributed by atoms with Crippen LogP contribution in [0.5, 0.6) is 5.75 Å². The Morgan fingerprint density at radius 1 is 1.56 bits per heavy atom. The Kier molecular flexibility index (Phi) is 2.47. The Morgan fingerprint density at radius 2 is 2.25 bits per heavy atom. The van der Waals surface area contributed by atoms with Crippen LogP contribution in [0.4, 0.5) is 4.39 Å². The minimum atomic E-state index is -1.17. The molecule has 0 spiro atoms. The summed E-state index contributed by atoms with van der Waals surface area (Å²) in [5.41, 5.74) is -0.0868. The van der Waals surface area contributed by atoms with Crippen molar-refractivity contribution in [3.05, 3.63) is 28.7 Å². The molecule has 0 saturated heterocycles. The highest BCUT2D eigenvalue weighted by molar-refractivity contribution is 6.31. The molecule has 0 saturated carbocycles. The summed E-state index contributed by atoms with van der Waals surface area (Å²) >= 11 is 5.64. The van der Waals surface area contributed by atoms with Crippen molar-refractivity contribution in [2.75, 3.05) is 7.11 Å². The zero-order valence-electron chi connectivity index (χ0n) is 8.17. The van der Waals surface area contributed by atoms with E-state index in [-0.39, 0.29) is 16.2 Å². The first-order valence-corrected chi connectivity index (χ1v) is 4.70. The highest BCUT2D eigenvalue weighted by Gasteiger charge is 2.16. The van der Waals surface area contributed by atoms with E-state index in [4.69, 9.17) is 21.4 Å². The summed E-state index contributed by atoms with van der Waals surface area (Å²) in [6.45, 7) is 0. The third kappa shape index (κ3) is 1.49. The monoisotopic (exact) mass is 243 g/mol. The molecule has 4 nitrogen and oxygen atoms in total. The van der Waals surface area contributed by atoms with Crippen LogP contribution in [0, 0.1) is 5.82 Å². The molecule has 0 atom stereocenters.